The fourth-order valence-electron chi connectivity index (χ4n) is 3.71. The van der Waals surface area contributed by atoms with Crippen molar-refractivity contribution in [3.63, 3.8) is 0 Å². The third-order valence-corrected chi connectivity index (χ3v) is 4.72. The molecule has 0 bridgehead atoms. The van der Waals surface area contributed by atoms with E-state index in [1.807, 2.05) is 12.1 Å². The number of benzene rings is 1. The number of aromatic hydroxyl groups is 1. The smallest absolute Gasteiger partial charge is 0.231 e. The van der Waals surface area contributed by atoms with Crippen LogP contribution in [0.3, 0.4) is 0 Å². The highest BCUT2D eigenvalue weighted by Crippen LogP contribution is 2.39. The molecule has 3 rings (SSSR count). The summed E-state index contributed by atoms with van der Waals surface area (Å²) < 4.78 is 5.96. The van der Waals surface area contributed by atoms with E-state index in [2.05, 4.69) is 32.7 Å². The Hall–Kier alpha value is -2.66. The molecule has 2 aromatic rings. The van der Waals surface area contributed by atoms with Crippen LogP contribution in [0.1, 0.15) is 49.2 Å². The van der Waals surface area contributed by atoms with Crippen molar-refractivity contribution in [1.29, 1.82) is 0 Å². The van der Waals surface area contributed by atoms with Crippen molar-refractivity contribution >= 4 is 11.9 Å². The number of ether oxygens (including phenoxy) is 1. The molecule has 0 spiro atoms. The molecule has 0 fully saturated rings. The number of aromatic nitrogens is 1. The number of phenols is 1. The Bertz CT molecular complexity index is 863. The zero-order valence-electron chi connectivity index (χ0n) is 17.0. The Morgan fingerprint density at radius 3 is 2.46 bits per heavy atom. The quantitative estimate of drug-likeness (QED) is 0.724. The molecule has 1 aromatic carbocycles. The number of phenolic OH excluding ortho intramolecular Hbond substituents is 1. The van der Waals surface area contributed by atoms with Crippen molar-refractivity contribution in [2.45, 2.75) is 34.2 Å². The van der Waals surface area contributed by atoms with E-state index >= 15 is 0 Å². The number of ketones is 1. The molecule has 1 aliphatic rings. The van der Waals surface area contributed by atoms with Gasteiger partial charge in [0, 0.05) is 24.2 Å². The average Bonchev–Trinajstić information content (AvgIpc) is 2.93. The number of pyridine rings is 1. The lowest BCUT2D eigenvalue weighted by atomic mass is 10.0. The molecule has 2 N–H and O–H groups in total. The molecular formula is C23H29N2O3+. The number of fused-ring (bicyclic) bond motifs is 1. The zero-order valence-corrected chi connectivity index (χ0v) is 17.0. The van der Waals surface area contributed by atoms with Gasteiger partial charge in [-0.3, -0.25) is 9.78 Å². The number of hydrogen-bond donors (Lipinski definition) is 2. The number of allylic oxidation sites excluding steroid dienone is 1. The van der Waals surface area contributed by atoms with Crippen LogP contribution in [0.5, 0.6) is 11.5 Å². The summed E-state index contributed by atoms with van der Waals surface area (Å²) in [5.41, 5.74) is 2.02. The summed E-state index contributed by atoms with van der Waals surface area (Å²) in [5.74, 6) is 1.86. The third kappa shape index (κ3) is 4.60. The van der Waals surface area contributed by atoms with E-state index in [4.69, 9.17) is 4.74 Å². The number of carbonyl (C=O) groups is 1. The molecule has 0 atom stereocenters. The van der Waals surface area contributed by atoms with Gasteiger partial charge in [-0.1, -0.05) is 33.8 Å². The zero-order chi connectivity index (χ0) is 20.3. The minimum Gasteiger partial charge on any atom is -0.507 e. The Morgan fingerprint density at radius 2 is 1.86 bits per heavy atom. The molecule has 28 heavy (non-hydrogen) atoms. The maximum atomic E-state index is 12.8. The summed E-state index contributed by atoms with van der Waals surface area (Å²) in [6, 6.07) is 6.93. The number of nitrogens with one attached hydrogen (secondary N) is 1. The summed E-state index contributed by atoms with van der Waals surface area (Å²) in [5, 5.41) is 10.5. The van der Waals surface area contributed by atoms with Crippen LogP contribution in [0.25, 0.3) is 6.08 Å². The van der Waals surface area contributed by atoms with Gasteiger partial charge in [-0.2, -0.15) is 0 Å². The molecule has 0 saturated carbocycles. The SMILES string of the molecule is CC(C)C[NH+](Cc1c(O)ccc2c1O/C(=C/c1cccnc1)C2=O)CC(C)C. The summed E-state index contributed by atoms with van der Waals surface area (Å²) >= 11 is 0. The lowest BCUT2D eigenvalue weighted by Gasteiger charge is -2.24. The number of carbonyl (C=O) groups excluding carboxylic acids is 1. The first kappa shape index (κ1) is 20.1. The number of nitrogens with zero attached hydrogens (tertiary/aromatic N) is 1. The van der Waals surface area contributed by atoms with E-state index < -0.39 is 0 Å². The van der Waals surface area contributed by atoms with Crippen molar-refractivity contribution in [1.82, 2.24) is 4.98 Å². The van der Waals surface area contributed by atoms with Gasteiger partial charge in [-0.15, -0.1) is 0 Å². The summed E-state index contributed by atoms with van der Waals surface area (Å²) in [6.07, 6.45) is 5.07. The number of hydrogen-bond acceptors (Lipinski definition) is 4. The van der Waals surface area contributed by atoms with Gasteiger partial charge in [0.1, 0.15) is 12.3 Å². The molecule has 1 aliphatic heterocycles. The second-order valence-electron chi connectivity index (χ2n) is 8.29. The van der Waals surface area contributed by atoms with E-state index in [-0.39, 0.29) is 17.3 Å². The van der Waals surface area contributed by atoms with Gasteiger partial charge in [0.2, 0.25) is 5.78 Å². The second kappa shape index (κ2) is 8.57. The summed E-state index contributed by atoms with van der Waals surface area (Å²) in [4.78, 5) is 18.2. The largest absolute Gasteiger partial charge is 0.507 e. The van der Waals surface area contributed by atoms with Crippen LogP contribution in [0.2, 0.25) is 0 Å². The molecule has 5 heteroatoms. The van der Waals surface area contributed by atoms with Gasteiger partial charge in [-0.25, -0.2) is 0 Å². The third-order valence-electron chi connectivity index (χ3n) is 4.72. The van der Waals surface area contributed by atoms with Gasteiger partial charge in [-0.05, 0) is 29.8 Å². The van der Waals surface area contributed by atoms with Crippen LogP contribution < -0.4 is 9.64 Å². The van der Waals surface area contributed by atoms with Crippen LogP contribution in [-0.4, -0.2) is 29.0 Å². The van der Waals surface area contributed by atoms with Gasteiger partial charge in [0.25, 0.3) is 0 Å². The molecule has 2 heterocycles. The second-order valence-corrected chi connectivity index (χ2v) is 8.29. The monoisotopic (exact) mass is 381 g/mol. The van der Waals surface area contributed by atoms with Crippen molar-refractivity contribution in [2.75, 3.05) is 13.1 Å². The first-order chi connectivity index (χ1) is 13.3. The van der Waals surface area contributed by atoms with E-state index in [0.29, 0.717) is 35.3 Å². The van der Waals surface area contributed by atoms with Crippen LogP contribution in [0, 0.1) is 11.8 Å². The summed E-state index contributed by atoms with van der Waals surface area (Å²) in [6.45, 7) is 11.4. The minimum atomic E-state index is -0.158. The maximum Gasteiger partial charge on any atom is 0.231 e. The van der Waals surface area contributed by atoms with Crippen LogP contribution in [0.4, 0.5) is 0 Å². The molecule has 1 aromatic heterocycles. The van der Waals surface area contributed by atoms with Crippen LogP contribution in [-0.2, 0) is 6.54 Å². The maximum absolute atomic E-state index is 12.8. The van der Waals surface area contributed by atoms with Gasteiger partial charge in [0.05, 0.1) is 24.2 Å². The van der Waals surface area contributed by atoms with E-state index in [9.17, 15) is 9.90 Å². The van der Waals surface area contributed by atoms with Crippen molar-refractivity contribution in [3.8, 4) is 11.5 Å². The lowest BCUT2D eigenvalue weighted by Crippen LogP contribution is -3.11. The first-order valence-corrected chi connectivity index (χ1v) is 9.87. The predicted octanol–water partition coefficient (Wildman–Crippen LogP) is 3.10. The van der Waals surface area contributed by atoms with E-state index in [1.54, 1.807) is 30.6 Å². The lowest BCUT2D eigenvalue weighted by molar-refractivity contribution is -0.919. The molecular weight excluding hydrogens is 352 g/mol. The highest BCUT2D eigenvalue weighted by molar-refractivity contribution is 6.14. The molecule has 5 nitrogen and oxygen atoms in total. The fraction of sp³-hybridized carbons (Fsp3) is 0.391. The van der Waals surface area contributed by atoms with E-state index in [0.717, 1.165) is 18.7 Å². The van der Waals surface area contributed by atoms with E-state index in [1.165, 1.54) is 4.90 Å². The molecule has 0 saturated heterocycles. The standard InChI is InChI=1S/C23H28N2O3/c1-15(2)12-25(13-16(3)4)14-19-20(26)8-7-18-22(27)21(28-23(18)19)10-17-6-5-9-24-11-17/h5-11,15-16,26H,12-14H2,1-4H3/p+1/b21-10+. The molecule has 0 unspecified atom stereocenters. The molecule has 0 radical (unpaired) electrons. The molecule has 0 aliphatic carbocycles. The first-order valence-electron chi connectivity index (χ1n) is 9.87. The average molecular weight is 381 g/mol. The normalized spacial score (nSPS) is 15.0. The van der Waals surface area contributed by atoms with Crippen LogP contribution in [0.15, 0.2) is 42.4 Å². The number of Topliss-reactive ketones (excluding diaryl/α,β-unsaturated/α-hetero) is 1. The van der Waals surface area contributed by atoms with Gasteiger partial charge < -0.3 is 14.7 Å². The Morgan fingerprint density at radius 1 is 1.14 bits per heavy atom. The highest BCUT2D eigenvalue weighted by atomic mass is 16.5. The van der Waals surface area contributed by atoms with Gasteiger partial charge in [0.15, 0.2) is 11.5 Å². The molecule has 0 amide bonds. The summed E-state index contributed by atoms with van der Waals surface area (Å²) in [7, 11) is 0. The Balaban J connectivity index is 1.92. The molecule has 148 valence electrons. The Kier molecular flexibility index (Phi) is 6.15. The fourth-order valence-corrected chi connectivity index (χ4v) is 3.71. The van der Waals surface area contributed by atoms with Crippen LogP contribution >= 0.6 is 0 Å². The van der Waals surface area contributed by atoms with Crippen molar-refractivity contribution < 1.29 is 19.5 Å². The van der Waals surface area contributed by atoms with Crippen molar-refractivity contribution in [3.05, 3.63) is 59.1 Å². The number of quaternary nitrogens is 1. The minimum absolute atomic E-state index is 0.158. The predicted molar refractivity (Wildman–Crippen MR) is 109 cm³/mol. The van der Waals surface area contributed by atoms with Crippen molar-refractivity contribution in [2.24, 2.45) is 11.8 Å². The topological polar surface area (TPSA) is 63.9 Å². The number of rotatable bonds is 7. The highest BCUT2D eigenvalue weighted by Gasteiger charge is 2.32. The van der Waals surface area contributed by atoms with Gasteiger partial charge >= 0.3 is 0 Å². The Labute approximate surface area is 166 Å².